The van der Waals surface area contributed by atoms with Crippen LogP contribution in [0, 0.1) is 11.3 Å². The van der Waals surface area contributed by atoms with Crippen molar-refractivity contribution in [3.8, 4) is 6.07 Å². The third-order valence-electron chi connectivity index (χ3n) is 1.86. The predicted octanol–water partition coefficient (Wildman–Crippen LogP) is 0.772. The number of rotatable bonds is 4. The Hall–Kier alpha value is -2.61. The summed E-state index contributed by atoms with van der Waals surface area (Å²) in [5.74, 6) is -1.59. The minimum Gasteiger partial charge on any atom is -0.480 e. The highest BCUT2D eigenvalue weighted by molar-refractivity contribution is 5.93. The molecule has 5 nitrogen and oxygen atoms in total. The second-order valence-electron chi connectivity index (χ2n) is 3.18. The molecule has 1 aromatic carbocycles. The Morgan fingerprint density at radius 1 is 1.47 bits per heavy atom. The first kappa shape index (κ1) is 12.5. The number of carboxylic acid groups (broad SMARTS) is 1. The van der Waals surface area contributed by atoms with Gasteiger partial charge in [0.2, 0.25) is 5.91 Å². The van der Waals surface area contributed by atoms with Gasteiger partial charge in [-0.3, -0.25) is 9.59 Å². The number of nitrogens with zero attached hydrogens (tertiary/aromatic N) is 1. The molecule has 0 aliphatic heterocycles. The molecule has 0 saturated carbocycles. The molecule has 0 bridgehead atoms. The average molecular weight is 230 g/mol. The molecule has 0 aliphatic rings. The van der Waals surface area contributed by atoms with Crippen LogP contribution in [0.2, 0.25) is 0 Å². The lowest BCUT2D eigenvalue weighted by atomic mass is 10.1. The van der Waals surface area contributed by atoms with Gasteiger partial charge < -0.3 is 10.4 Å². The third-order valence-corrected chi connectivity index (χ3v) is 1.86. The summed E-state index contributed by atoms with van der Waals surface area (Å²) < 4.78 is 0. The van der Waals surface area contributed by atoms with Crippen molar-refractivity contribution in [1.29, 1.82) is 5.26 Å². The number of nitrogens with one attached hydrogen (secondary N) is 1. The van der Waals surface area contributed by atoms with E-state index < -0.39 is 18.4 Å². The maximum atomic E-state index is 11.1. The molecule has 0 heterocycles. The first-order valence-corrected chi connectivity index (χ1v) is 4.79. The van der Waals surface area contributed by atoms with E-state index in [2.05, 4.69) is 5.32 Å². The number of nitriles is 1. The summed E-state index contributed by atoms with van der Waals surface area (Å²) in [6.45, 7) is -0.415. The van der Waals surface area contributed by atoms with Crippen LogP contribution >= 0.6 is 0 Å². The van der Waals surface area contributed by atoms with Gasteiger partial charge >= 0.3 is 5.97 Å². The summed E-state index contributed by atoms with van der Waals surface area (Å²) in [6, 6.07) is 8.70. The van der Waals surface area contributed by atoms with Crippen molar-refractivity contribution in [3.63, 3.8) is 0 Å². The Balaban J connectivity index is 2.61. The van der Waals surface area contributed by atoms with E-state index in [4.69, 9.17) is 10.4 Å². The lowest BCUT2D eigenvalue weighted by molar-refractivity contribution is -0.137. The fraction of sp³-hybridized carbons (Fsp3) is 0.0833. The van der Waals surface area contributed by atoms with Crippen molar-refractivity contribution in [1.82, 2.24) is 5.32 Å². The lowest BCUT2D eigenvalue weighted by Crippen LogP contribution is -2.27. The Morgan fingerprint density at radius 3 is 2.88 bits per heavy atom. The predicted molar refractivity (Wildman–Crippen MR) is 60.8 cm³/mol. The van der Waals surface area contributed by atoms with Crippen molar-refractivity contribution in [3.05, 3.63) is 41.5 Å². The van der Waals surface area contributed by atoms with E-state index in [0.717, 1.165) is 0 Å². The molecular formula is C12H10N2O3. The minimum atomic E-state index is -1.10. The molecule has 0 saturated heterocycles. The molecular weight excluding hydrogens is 220 g/mol. The monoisotopic (exact) mass is 230 g/mol. The standard InChI is InChI=1S/C12H10N2O3/c13-7-10-3-1-2-9(6-10)4-5-11(15)14-8-12(16)17/h1-6H,8H2,(H,14,15)(H,16,17)/b5-4+. The molecule has 5 heteroatoms. The van der Waals surface area contributed by atoms with E-state index in [-0.39, 0.29) is 0 Å². The number of hydrogen-bond acceptors (Lipinski definition) is 3. The van der Waals surface area contributed by atoms with Crippen LogP contribution in [0.1, 0.15) is 11.1 Å². The molecule has 1 rings (SSSR count). The molecule has 0 unspecified atom stereocenters. The quantitative estimate of drug-likeness (QED) is 0.747. The number of carboxylic acids is 1. The van der Waals surface area contributed by atoms with Crippen LogP contribution in [0.5, 0.6) is 0 Å². The summed E-state index contributed by atoms with van der Waals surface area (Å²) in [7, 11) is 0. The highest BCUT2D eigenvalue weighted by Gasteiger charge is 1.99. The molecule has 0 fully saturated rings. The minimum absolute atomic E-state index is 0.415. The normalized spacial score (nSPS) is 9.82. The van der Waals surface area contributed by atoms with Crippen LogP contribution in [-0.4, -0.2) is 23.5 Å². The highest BCUT2D eigenvalue weighted by Crippen LogP contribution is 2.05. The Bertz CT molecular complexity index is 501. The Kier molecular flexibility index (Phi) is 4.45. The molecule has 86 valence electrons. The summed E-state index contributed by atoms with van der Waals surface area (Å²) in [5.41, 5.74) is 1.20. The van der Waals surface area contributed by atoms with Crippen LogP contribution in [-0.2, 0) is 9.59 Å². The molecule has 17 heavy (non-hydrogen) atoms. The zero-order valence-corrected chi connectivity index (χ0v) is 8.88. The average Bonchev–Trinajstić information content (AvgIpc) is 2.34. The van der Waals surface area contributed by atoms with E-state index in [1.54, 1.807) is 24.3 Å². The molecule has 0 aliphatic carbocycles. The topological polar surface area (TPSA) is 90.2 Å². The molecule has 0 spiro atoms. The van der Waals surface area contributed by atoms with Gasteiger partial charge in [-0.2, -0.15) is 5.26 Å². The number of aliphatic carboxylic acids is 1. The molecule has 1 amide bonds. The number of benzene rings is 1. The van der Waals surface area contributed by atoms with Crippen molar-refractivity contribution >= 4 is 18.0 Å². The smallest absolute Gasteiger partial charge is 0.322 e. The van der Waals surface area contributed by atoms with Crippen LogP contribution in [0.25, 0.3) is 6.08 Å². The molecule has 0 radical (unpaired) electrons. The van der Waals surface area contributed by atoms with Crippen LogP contribution < -0.4 is 5.32 Å². The van der Waals surface area contributed by atoms with Crippen LogP contribution in [0.15, 0.2) is 30.3 Å². The van der Waals surface area contributed by atoms with Crippen molar-refractivity contribution in [2.24, 2.45) is 0 Å². The zero-order valence-electron chi connectivity index (χ0n) is 8.88. The van der Waals surface area contributed by atoms with Crippen molar-refractivity contribution in [2.75, 3.05) is 6.54 Å². The first-order chi connectivity index (χ1) is 8.11. The Labute approximate surface area is 98.0 Å². The largest absolute Gasteiger partial charge is 0.480 e. The van der Waals surface area contributed by atoms with Crippen molar-refractivity contribution in [2.45, 2.75) is 0 Å². The molecule has 2 N–H and O–H groups in total. The van der Waals surface area contributed by atoms with Gasteiger partial charge in [-0.25, -0.2) is 0 Å². The first-order valence-electron chi connectivity index (χ1n) is 4.79. The maximum absolute atomic E-state index is 11.1. The molecule has 0 atom stereocenters. The zero-order chi connectivity index (χ0) is 12.7. The third kappa shape index (κ3) is 4.62. The van der Waals surface area contributed by atoms with Gasteiger partial charge in [0, 0.05) is 6.08 Å². The molecule has 1 aromatic rings. The fourth-order valence-electron chi connectivity index (χ4n) is 1.11. The highest BCUT2D eigenvalue weighted by atomic mass is 16.4. The van der Waals surface area contributed by atoms with E-state index >= 15 is 0 Å². The van der Waals surface area contributed by atoms with Gasteiger partial charge in [0.1, 0.15) is 6.54 Å². The Morgan fingerprint density at radius 2 is 2.24 bits per heavy atom. The van der Waals surface area contributed by atoms with Crippen LogP contribution in [0.3, 0.4) is 0 Å². The SMILES string of the molecule is N#Cc1cccc(/C=C/C(=O)NCC(=O)O)c1. The molecule has 0 aromatic heterocycles. The summed E-state index contributed by atoms with van der Waals surface area (Å²) in [6.07, 6.45) is 2.73. The van der Waals surface area contributed by atoms with Crippen molar-refractivity contribution < 1.29 is 14.7 Å². The summed E-state index contributed by atoms with van der Waals surface area (Å²) >= 11 is 0. The number of carbonyl (C=O) groups excluding carboxylic acids is 1. The van der Waals surface area contributed by atoms with E-state index in [9.17, 15) is 9.59 Å². The summed E-state index contributed by atoms with van der Waals surface area (Å²) in [5, 5.41) is 19.2. The van der Waals surface area contributed by atoms with Gasteiger partial charge in [0.25, 0.3) is 0 Å². The van der Waals surface area contributed by atoms with Gasteiger partial charge in [-0.15, -0.1) is 0 Å². The van der Waals surface area contributed by atoms with E-state index in [0.29, 0.717) is 11.1 Å². The number of amides is 1. The van der Waals surface area contributed by atoms with Gasteiger partial charge in [-0.1, -0.05) is 12.1 Å². The van der Waals surface area contributed by atoms with Crippen LogP contribution in [0.4, 0.5) is 0 Å². The van der Waals surface area contributed by atoms with Gasteiger partial charge in [0.15, 0.2) is 0 Å². The second-order valence-corrected chi connectivity index (χ2v) is 3.18. The number of hydrogen-bond donors (Lipinski definition) is 2. The van der Waals surface area contributed by atoms with Gasteiger partial charge in [0.05, 0.1) is 11.6 Å². The fourth-order valence-corrected chi connectivity index (χ4v) is 1.11. The number of carbonyl (C=O) groups is 2. The van der Waals surface area contributed by atoms with E-state index in [1.807, 2.05) is 6.07 Å². The summed E-state index contributed by atoms with van der Waals surface area (Å²) in [4.78, 5) is 21.3. The second kappa shape index (κ2) is 6.08. The maximum Gasteiger partial charge on any atom is 0.322 e. The van der Waals surface area contributed by atoms with E-state index in [1.165, 1.54) is 12.2 Å². The lowest BCUT2D eigenvalue weighted by Gasteiger charge is -1.96. The van der Waals surface area contributed by atoms with Gasteiger partial charge in [-0.05, 0) is 23.8 Å².